The second kappa shape index (κ2) is 5.16. The molecule has 0 radical (unpaired) electrons. The first kappa shape index (κ1) is 12.0. The van der Waals surface area contributed by atoms with E-state index >= 15 is 0 Å². The molecule has 0 heterocycles. The summed E-state index contributed by atoms with van der Waals surface area (Å²) in [5.41, 5.74) is 4.92. The average molecular weight is 217 g/mol. The van der Waals surface area contributed by atoms with Crippen LogP contribution in [0.1, 0.15) is 18.1 Å². The van der Waals surface area contributed by atoms with E-state index in [1.54, 1.807) is 0 Å². The molecule has 5 heteroatoms. The summed E-state index contributed by atoms with van der Waals surface area (Å²) in [5.74, 6) is -2.19. The molecule has 2 atom stereocenters. The maximum atomic E-state index is 13.2. The monoisotopic (exact) mass is 217 g/mol. The van der Waals surface area contributed by atoms with Crippen molar-refractivity contribution in [2.75, 3.05) is 6.54 Å². The average Bonchev–Trinajstić information content (AvgIpc) is 2.21. The highest BCUT2D eigenvalue weighted by atomic mass is 19.2. The van der Waals surface area contributed by atoms with Crippen molar-refractivity contribution in [2.45, 2.75) is 18.6 Å². The summed E-state index contributed by atoms with van der Waals surface area (Å²) in [6.45, 7) is 0.162. The third-order valence-electron chi connectivity index (χ3n) is 2.13. The second-order valence-corrected chi connectivity index (χ2v) is 3.23. The van der Waals surface area contributed by atoms with E-state index in [-0.39, 0.29) is 18.5 Å². The molecular formula is C10H13F2NO2. The van der Waals surface area contributed by atoms with Crippen molar-refractivity contribution in [3.05, 3.63) is 35.4 Å². The Morgan fingerprint density at radius 2 is 1.93 bits per heavy atom. The summed E-state index contributed by atoms with van der Waals surface area (Å²) in [6, 6.07) is 3.44. The van der Waals surface area contributed by atoms with Crippen molar-refractivity contribution in [1.82, 2.24) is 0 Å². The third-order valence-corrected chi connectivity index (χ3v) is 2.13. The standard InChI is InChI=1S/C10H13F2NO2/c11-7-3-1-2-6(9(7)12)10(15)8(14)4-5-13/h1-3,8,10,14-15H,4-5,13H2. The number of rotatable bonds is 4. The van der Waals surface area contributed by atoms with Gasteiger partial charge in [0.05, 0.1) is 6.10 Å². The smallest absolute Gasteiger partial charge is 0.164 e. The fraction of sp³-hybridized carbons (Fsp3) is 0.400. The lowest BCUT2D eigenvalue weighted by Crippen LogP contribution is -2.22. The molecule has 1 aromatic rings. The number of nitrogens with two attached hydrogens (primary N) is 1. The summed E-state index contributed by atoms with van der Waals surface area (Å²) in [6.07, 6.45) is -2.52. The van der Waals surface area contributed by atoms with Gasteiger partial charge in [0.15, 0.2) is 11.6 Å². The van der Waals surface area contributed by atoms with Crippen molar-refractivity contribution in [2.24, 2.45) is 5.73 Å². The van der Waals surface area contributed by atoms with Crippen molar-refractivity contribution >= 4 is 0 Å². The normalized spacial score (nSPS) is 15.0. The molecule has 0 spiro atoms. The highest BCUT2D eigenvalue weighted by molar-refractivity contribution is 5.22. The molecule has 0 aromatic heterocycles. The molecule has 84 valence electrons. The van der Waals surface area contributed by atoms with Crippen LogP contribution in [0.25, 0.3) is 0 Å². The van der Waals surface area contributed by atoms with Gasteiger partial charge < -0.3 is 15.9 Å². The minimum absolute atomic E-state index is 0.122. The zero-order valence-electron chi connectivity index (χ0n) is 8.03. The molecular weight excluding hydrogens is 204 g/mol. The van der Waals surface area contributed by atoms with Crippen LogP contribution in [-0.4, -0.2) is 22.9 Å². The van der Waals surface area contributed by atoms with Crippen LogP contribution in [0.2, 0.25) is 0 Å². The molecule has 0 saturated carbocycles. The van der Waals surface area contributed by atoms with Gasteiger partial charge in [-0.1, -0.05) is 12.1 Å². The van der Waals surface area contributed by atoms with E-state index in [1.165, 1.54) is 12.1 Å². The topological polar surface area (TPSA) is 66.5 Å². The molecule has 15 heavy (non-hydrogen) atoms. The molecule has 1 rings (SSSR count). The Morgan fingerprint density at radius 3 is 2.53 bits per heavy atom. The van der Waals surface area contributed by atoms with Gasteiger partial charge in [0.1, 0.15) is 6.10 Å². The molecule has 0 bridgehead atoms. The molecule has 4 N–H and O–H groups in total. The van der Waals surface area contributed by atoms with E-state index in [2.05, 4.69) is 0 Å². The maximum absolute atomic E-state index is 13.2. The molecule has 0 aliphatic carbocycles. The van der Waals surface area contributed by atoms with E-state index in [4.69, 9.17) is 5.73 Å². The largest absolute Gasteiger partial charge is 0.390 e. The van der Waals surface area contributed by atoms with Crippen LogP contribution in [0, 0.1) is 11.6 Å². The number of hydrogen-bond donors (Lipinski definition) is 3. The highest BCUT2D eigenvalue weighted by Crippen LogP contribution is 2.23. The van der Waals surface area contributed by atoms with E-state index in [0.717, 1.165) is 6.07 Å². The van der Waals surface area contributed by atoms with Gasteiger partial charge in [0, 0.05) is 5.56 Å². The number of halogens is 2. The van der Waals surface area contributed by atoms with E-state index < -0.39 is 23.8 Å². The van der Waals surface area contributed by atoms with Crippen LogP contribution < -0.4 is 5.73 Å². The van der Waals surface area contributed by atoms with Crippen molar-refractivity contribution in [3.63, 3.8) is 0 Å². The van der Waals surface area contributed by atoms with Gasteiger partial charge in [0.2, 0.25) is 0 Å². The fourth-order valence-corrected chi connectivity index (χ4v) is 1.28. The number of benzene rings is 1. The van der Waals surface area contributed by atoms with E-state index in [1.807, 2.05) is 0 Å². The first-order valence-electron chi connectivity index (χ1n) is 4.58. The molecule has 0 fully saturated rings. The summed E-state index contributed by atoms with van der Waals surface area (Å²) in [4.78, 5) is 0. The zero-order valence-corrected chi connectivity index (χ0v) is 8.03. The van der Waals surface area contributed by atoms with E-state index in [0.29, 0.717) is 0 Å². The molecule has 0 aliphatic rings. The van der Waals surface area contributed by atoms with Gasteiger partial charge in [-0.15, -0.1) is 0 Å². The Bertz CT molecular complexity index is 333. The summed E-state index contributed by atoms with van der Waals surface area (Å²) in [5, 5.41) is 18.9. The quantitative estimate of drug-likeness (QED) is 0.695. The minimum Gasteiger partial charge on any atom is -0.390 e. The Labute approximate surface area is 86.2 Å². The molecule has 3 nitrogen and oxygen atoms in total. The van der Waals surface area contributed by atoms with Crippen molar-refractivity contribution in [1.29, 1.82) is 0 Å². The lowest BCUT2D eigenvalue weighted by atomic mass is 10.0. The fourth-order valence-electron chi connectivity index (χ4n) is 1.28. The van der Waals surface area contributed by atoms with Crippen LogP contribution >= 0.6 is 0 Å². The van der Waals surface area contributed by atoms with Gasteiger partial charge in [-0.05, 0) is 19.0 Å². The van der Waals surface area contributed by atoms with Crippen LogP contribution in [0.4, 0.5) is 8.78 Å². The van der Waals surface area contributed by atoms with Crippen LogP contribution in [-0.2, 0) is 0 Å². The molecule has 0 saturated heterocycles. The predicted octanol–water partition coefficient (Wildman–Crippen LogP) is 0.708. The minimum atomic E-state index is -1.45. The molecule has 0 amide bonds. The summed E-state index contributed by atoms with van der Waals surface area (Å²) >= 11 is 0. The van der Waals surface area contributed by atoms with Gasteiger partial charge in [-0.2, -0.15) is 0 Å². The van der Waals surface area contributed by atoms with Gasteiger partial charge in [-0.25, -0.2) is 8.78 Å². The molecule has 1 aromatic carbocycles. The van der Waals surface area contributed by atoms with Crippen molar-refractivity contribution < 1.29 is 19.0 Å². The maximum Gasteiger partial charge on any atom is 0.164 e. The highest BCUT2D eigenvalue weighted by Gasteiger charge is 2.22. The molecule has 2 unspecified atom stereocenters. The van der Waals surface area contributed by atoms with Crippen LogP contribution in [0.15, 0.2) is 18.2 Å². The Hall–Kier alpha value is -1.04. The number of hydrogen-bond acceptors (Lipinski definition) is 3. The Balaban J connectivity index is 2.90. The predicted molar refractivity (Wildman–Crippen MR) is 51.0 cm³/mol. The van der Waals surface area contributed by atoms with Crippen molar-refractivity contribution in [3.8, 4) is 0 Å². The van der Waals surface area contributed by atoms with Gasteiger partial charge >= 0.3 is 0 Å². The SMILES string of the molecule is NCCC(O)C(O)c1cccc(F)c1F. The third kappa shape index (κ3) is 2.71. The molecule has 0 aliphatic heterocycles. The lowest BCUT2D eigenvalue weighted by molar-refractivity contribution is 0.0126. The first-order valence-corrected chi connectivity index (χ1v) is 4.58. The summed E-state index contributed by atoms with van der Waals surface area (Å²) < 4.78 is 26.0. The summed E-state index contributed by atoms with van der Waals surface area (Å²) in [7, 11) is 0. The number of aliphatic hydroxyl groups is 2. The van der Waals surface area contributed by atoms with Crippen LogP contribution in [0.5, 0.6) is 0 Å². The van der Waals surface area contributed by atoms with E-state index in [9.17, 15) is 19.0 Å². The van der Waals surface area contributed by atoms with Crippen LogP contribution in [0.3, 0.4) is 0 Å². The first-order chi connectivity index (χ1) is 7.07. The van der Waals surface area contributed by atoms with Gasteiger partial charge in [0.25, 0.3) is 0 Å². The Kier molecular flexibility index (Phi) is 4.14. The number of aliphatic hydroxyl groups excluding tert-OH is 2. The lowest BCUT2D eigenvalue weighted by Gasteiger charge is -2.17. The Morgan fingerprint density at radius 1 is 1.27 bits per heavy atom. The zero-order chi connectivity index (χ0) is 11.4. The second-order valence-electron chi connectivity index (χ2n) is 3.23. The van der Waals surface area contributed by atoms with Gasteiger partial charge in [-0.3, -0.25) is 0 Å².